The minimum Gasteiger partial charge on any atom is -0.337 e. The fourth-order valence-electron chi connectivity index (χ4n) is 2.63. The van der Waals surface area contributed by atoms with E-state index in [4.69, 9.17) is 4.52 Å². The number of aromatic nitrogens is 2. The summed E-state index contributed by atoms with van der Waals surface area (Å²) in [6.45, 7) is 6.17. The fraction of sp³-hybridized carbons (Fsp3) is 0.250. The number of aryl methyl sites for hydroxylation is 1. The first kappa shape index (κ1) is 16.9. The standard InChI is InChI=1S/C20H21N3O2/c1-14(2)23(20(24)17-12-8-7-9-15(17)3)13-18-21-19(22-25-18)16-10-5-4-6-11-16/h4-12,14H,13H2,1-3H3. The first-order valence-electron chi connectivity index (χ1n) is 8.31. The van der Waals surface area contributed by atoms with Crippen molar-refractivity contribution in [2.75, 3.05) is 0 Å². The van der Waals surface area contributed by atoms with Crippen LogP contribution in [0.5, 0.6) is 0 Å². The Bertz CT molecular complexity index is 856. The molecule has 2 aromatic carbocycles. The molecule has 0 unspecified atom stereocenters. The molecule has 0 aliphatic heterocycles. The third-order valence-corrected chi connectivity index (χ3v) is 4.07. The molecule has 3 rings (SSSR count). The van der Waals surface area contributed by atoms with Crippen LogP contribution in [0.1, 0.15) is 35.7 Å². The normalized spacial score (nSPS) is 10.9. The third-order valence-electron chi connectivity index (χ3n) is 4.07. The Balaban J connectivity index is 1.82. The molecule has 0 aliphatic carbocycles. The van der Waals surface area contributed by atoms with E-state index < -0.39 is 0 Å². The Labute approximate surface area is 147 Å². The van der Waals surface area contributed by atoms with Gasteiger partial charge in [-0.15, -0.1) is 0 Å². The zero-order chi connectivity index (χ0) is 17.8. The number of benzene rings is 2. The molecule has 0 saturated heterocycles. The molecule has 0 aliphatic rings. The predicted octanol–water partition coefficient (Wildman–Crippen LogP) is 4.10. The summed E-state index contributed by atoms with van der Waals surface area (Å²) in [6.07, 6.45) is 0. The van der Waals surface area contributed by atoms with Crippen LogP contribution in [0.3, 0.4) is 0 Å². The highest BCUT2D eigenvalue weighted by Gasteiger charge is 2.23. The van der Waals surface area contributed by atoms with Gasteiger partial charge in [0.2, 0.25) is 11.7 Å². The van der Waals surface area contributed by atoms with E-state index in [9.17, 15) is 4.79 Å². The van der Waals surface area contributed by atoms with E-state index in [0.29, 0.717) is 17.3 Å². The van der Waals surface area contributed by atoms with Gasteiger partial charge in [0.15, 0.2) is 0 Å². The van der Waals surface area contributed by atoms with Crippen LogP contribution in [0.15, 0.2) is 59.1 Å². The van der Waals surface area contributed by atoms with Crippen molar-refractivity contribution in [3.05, 3.63) is 71.6 Å². The Hall–Kier alpha value is -2.95. The molecule has 1 amide bonds. The number of nitrogens with zero attached hydrogens (tertiary/aromatic N) is 3. The first-order valence-corrected chi connectivity index (χ1v) is 8.31. The van der Waals surface area contributed by atoms with Gasteiger partial charge in [0.25, 0.3) is 5.91 Å². The van der Waals surface area contributed by atoms with E-state index in [-0.39, 0.29) is 18.5 Å². The molecule has 128 valence electrons. The molecule has 0 fully saturated rings. The molecule has 3 aromatic rings. The van der Waals surface area contributed by atoms with Crippen LogP contribution in [0, 0.1) is 6.92 Å². The number of hydrogen-bond donors (Lipinski definition) is 0. The van der Waals surface area contributed by atoms with Gasteiger partial charge in [0, 0.05) is 17.2 Å². The minimum atomic E-state index is -0.0347. The summed E-state index contributed by atoms with van der Waals surface area (Å²) >= 11 is 0. The van der Waals surface area contributed by atoms with Crippen LogP contribution in [0.4, 0.5) is 0 Å². The van der Waals surface area contributed by atoms with Gasteiger partial charge in [0.05, 0.1) is 0 Å². The minimum absolute atomic E-state index is 0.0131. The quantitative estimate of drug-likeness (QED) is 0.704. The molecule has 0 spiro atoms. The summed E-state index contributed by atoms with van der Waals surface area (Å²) in [5.74, 6) is 0.921. The van der Waals surface area contributed by atoms with E-state index in [1.807, 2.05) is 75.4 Å². The molecule has 1 heterocycles. The molecule has 0 saturated carbocycles. The lowest BCUT2D eigenvalue weighted by Crippen LogP contribution is -2.36. The lowest BCUT2D eigenvalue weighted by molar-refractivity contribution is 0.0666. The number of rotatable bonds is 5. The van der Waals surface area contributed by atoms with Crippen LogP contribution >= 0.6 is 0 Å². The molecule has 0 radical (unpaired) electrons. The molecule has 0 bridgehead atoms. The van der Waals surface area contributed by atoms with Crippen molar-refractivity contribution >= 4 is 5.91 Å². The van der Waals surface area contributed by atoms with Gasteiger partial charge in [-0.05, 0) is 32.4 Å². The summed E-state index contributed by atoms with van der Waals surface area (Å²) in [7, 11) is 0. The maximum Gasteiger partial charge on any atom is 0.254 e. The van der Waals surface area contributed by atoms with Gasteiger partial charge in [-0.1, -0.05) is 53.7 Å². The van der Waals surface area contributed by atoms with Crippen LogP contribution in [0.25, 0.3) is 11.4 Å². The highest BCUT2D eigenvalue weighted by molar-refractivity contribution is 5.95. The number of carbonyl (C=O) groups is 1. The maximum atomic E-state index is 12.9. The van der Waals surface area contributed by atoms with Gasteiger partial charge >= 0.3 is 0 Å². The van der Waals surface area contributed by atoms with Crippen molar-refractivity contribution in [1.82, 2.24) is 15.0 Å². The third kappa shape index (κ3) is 3.76. The van der Waals surface area contributed by atoms with Gasteiger partial charge in [-0.25, -0.2) is 0 Å². The van der Waals surface area contributed by atoms with Crippen LogP contribution in [-0.4, -0.2) is 27.0 Å². The zero-order valence-electron chi connectivity index (χ0n) is 14.6. The van der Waals surface area contributed by atoms with Crippen molar-refractivity contribution < 1.29 is 9.32 Å². The fourth-order valence-corrected chi connectivity index (χ4v) is 2.63. The van der Waals surface area contributed by atoms with Gasteiger partial charge in [0.1, 0.15) is 6.54 Å². The second-order valence-corrected chi connectivity index (χ2v) is 6.22. The lowest BCUT2D eigenvalue weighted by Gasteiger charge is -2.25. The van der Waals surface area contributed by atoms with Crippen LogP contribution < -0.4 is 0 Å². The van der Waals surface area contributed by atoms with E-state index >= 15 is 0 Å². The van der Waals surface area contributed by atoms with Crippen LogP contribution in [0.2, 0.25) is 0 Å². The second-order valence-electron chi connectivity index (χ2n) is 6.22. The van der Waals surface area contributed by atoms with Gasteiger partial charge in [-0.2, -0.15) is 4.98 Å². The summed E-state index contributed by atoms with van der Waals surface area (Å²) < 4.78 is 5.36. The molecule has 5 nitrogen and oxygen atoms in total. The topological polar surface area (TPSA) is 59.2 Å². The average molecular weight is 335 g/mol. The molecule has 1 aromatic heterocycles. The number of hydrogen-bond acceptors (Lipinski definition) is 4. The summed E-state index contributed by atoms with van der Waals surface area (Å²) in [5.41, 5.74) is 2.53. The second kappa shape index (κ2) is 7.30. The van der Waals surface area contributed by atoms with Crippen molar-refractivity contribution in [3.63, 3.8) is 0 Å². The Morgan fingerprint density at radius 3 is 2.44 bits per heavy atom. The summed E-state index contributed by atoms with van der Waals surface area (Å²) in [5, 5.41) is 4.02. The predicted molar refractivity (Wildman–Crippen MR) is 95.9 cm³/mol. The van der Waals surface area contributed by atoms with Gasteiger partial charge in [-0.3, -0.25) is 4.79 Å². The molecule has 0 atom stereocenters. The van der Waals surface area contributed by atoms with E-state index in [2.05, 4.69) is 10.1 Å². The SMILES string of the molecule is Cc1ccccc1C(=O)N(Cc1nc(-c2ccccc2)no1)C(C)C. The first-order chi connectivity index (χ1) is 12.1. The summed E-state index contributed by atoms with van der Waals surface area (Å²) in [6, 6.07) is 17.2. The highest BCUT2D eigenvalue weighted by Crippen LogP contribution is 2.18. The van der Waals surface area contributed by atoms with Gasteiger partial charge < -0.3 is 9.42 Å². The lowest BCUT2D eigenvalue weighted by atomic mass is 10.1. The molecule has 25 heavy (non-hydrogen) atoms. The molecule has 5 heteroatoms. The Morgan fingerprint density at radius 2 is 1.76 bits per heavy atom. The molecular weight excluding hydrogens is 314 g/mol. The monoisotopic (exact) mass is 335 g/mol. The number of amides is 1. The van der Waals surface area contributed by atoms with Crippen molar-refractivity contribution in [2.45, 2.75) is 33.4 Å². The van der Waals surface area contributed by atoms with E-state index in [1.54, 1.807) is 4.90 Å². The highest BCUT2D eigenvalue weighted by atomic mass is 16.5. The smallest absolute Gasteiger partial charge is 0.254 e. The van der Waals surface area contributed by atoms with Crippen LogP contribution in [-0.2, 0) is 6.54 Å². The van der Waals surface area contributed by atoms with Crippen molar-refractivity contribution in [1.29, 1.82) is 0 Å². The molecular formula is C20H21N3O2. The van der Waals surface area contributed by atoms with E-state index in [0.717, 1.165) is 11.1 Å². The zero-order valence-corrected chi connectivity index (χ0v) is 14.6. The van der Waals surface area contributed by atoms with E-state index in [1.165, 1.54) is 0 Å². The van der Waals surface area contributed by atoms with Crippen molar-refractivity contribution in [2.24, 2.45) is 0 Å². The maximum absolute atomic E-state index is 12.9. The number of carbonyl (C=O) groups excluding carboxylic acids is 1. The summed E-state index contributed by atoms with van der Waals surface area (Å²) in [4.78, 5) is 19.1. The average Bonchev–Trinajstić information content (AvgIpc) is 3.09. The largest absolute Gasteiger partial charge is 0.337 e. The Morgan fingerprint density at radius 1 is 1.08 bits per heavy atom. The molecule has 0 N–H and O–H groups in total. The Kier molecular flexibility index (Phi) is 4.93. The van der Waals surface area contributed by atoms with Crippen molar-refractivity contribution in [3.8, 4) is 11.4 Å².